The van der Waals surface area contributed by atoms with Crippen molar-refractivity contribution in [2.75, 3.05) is 73.8 Å². The molecule has 0 radical (unpaired) electrons. The number of nitrogens with zero attached hydrogens (tertiary/aromatic N) is 2. The van der Waals surface area contributed by atoms with E-state index in [1.54, 1.807) is 14.2 Å². The summed E-state index contributed by atoms with van der Waals surface area (Å²) < 4.78 is 22.4. The fourth-order valence-electron chi connectivity index (χ4n) is 3.89. The van der Waals surface area contributed by atoms with E-state index in [9.17, 15) is 4.79 Å². The predicted molar refractivity (Wildman–Crippen MR) is 113 cm³/mol. The van der Waals surface area contributed by atoms with Crippen LogP contribution in [0.5, 0.6) is 11.5 Å². The zero-order chi connectivity index (χ0) is 20.9. The van der Waals surface area contributed by atoms with E-state index >= 15 is 0 Å². The molecular formula is C20H30BrN3O5. The van der Waals surface area contributed by atoms with Gasteiger partial charge in [0, 0.05) is 32.7 Å². The van der Waals surface area contributed by atoms with Gasteiger partial charge in [-0.15, -0.1) is 0 Å². The number of carbonyl (C=O) groups excluding carboxylic acids is 1. The van der Waals surface area contributed by atoms with Crippen LogP contribution in [0.2, 0.25) is 0 Å². The Hall–Kier alpha value is -1.55. The molecule has 2 saturated heterocycles. The molecule has 2 aliphatic heterocycles. The molecule has 3 rings (SSSR count). The topological polar surface area (TPSA) is 72.5 Å². The van der Waals surface area contributed by atoms with Gasteiger partial charge in [0.05, 0.1) is 37.4 Å². The van der Waals surface area contributed by atoms with Crippen molar-refractivity contribution in [1.29, 1.82) is 0 Å². The van der Waals surface area contributed by atoms with Crippen molar-refractivity contribution in [3.05, 3.63) is 22.2 Å². The van der Waals surface area contributed by atoms with E-state index in [1.807, 2.05) is 12.1 Å². The second-order valence-corrected chi connectivity index (χ2v) is 8.41. The Kier molecular flexibility index (Phi) is 7.61. The molecule has 29 heavy (non-hydrogen) atoms. The molecule has 0 aliphatic carbocycles. The van der Waals surface area contributed by atoms with Gasteiger partial charge < -0.3 is 29.2 Å². The van der Waals surface area contributed by atoms with Gasteiger partial charge in [-0.1, -0.05) is 0 Å². The fourth-order valence-corrected chi connectivity index (χ4v) is 4.37. The summed E-state index contributed by atoms with van der Waals surface area (Å²) >= 11 is 3.45. The largest absolute Gasteiger partial charge is 0.496 e. The van der Waals surface area contributed by atoms with Crippen LogP contribution in [0.4, 0.5) is 4.79 Å². The zero-order valence-corrected chi connectivity index (χ0v) is 18.9. The Morgan fingerprint density at radius 3 is 2.66 bits per heavy atom. The summed E-state index contributed by atoms with van der Waals surface area (Å²) in [4.78, 5) is 16.8. The van der Waals surface area contributed by atoms with Gasteiger partial charge in [-0.25, -0.2) is 4.79 Å². The van der Waals surface area contributed by atoms with Crippen molar-refractivity contribution < 1.29 is 23.7 Å². The smallest absolute Gasteiger partial charge is 0.407 e. The summed E-state index contributed by atoms with van der Waals surface area (Å²) in [6.07, 6.45) is 0.210. The normalized spacial score (nSPS) is 18.9. The van der Waals surface area contributed by atoms with Gasteiger partial charge in [0.1, 0.15) is 18.1 Å². The van der Waals surface area contributed by atoms with Gasteiger partial charge in [-0.3, -0.25) is 4.90 Å². The summed E-state index contributed by atoms with van der Waals surface area (Å²) in [5.41, 5.74) is 1.04. The monoisotopic (exact) mass is 471 g/mol. The first-order valence-electron chi connectivity index (χ1n) is 9.80. The zero-order valence-electron chi connectivity index (χ0n) is 17.3. The molecule has 1 amide bonds. The molecule has 9 heteroatoms. The molecule has 0 bridgehead atoms. The number of carbonyl (C=O) groups is 1. The first-order valence-corrected chi connectivity index (χ1v) is 10.6. The van der Waals surface area contributed by atoms with Crippen LogP contribution >= 0.6 is 15.9 Å². The molecule has 2 heterocycles. The van der Waals surface area contributed by atoms with Crippen molar-refractivity contribution in [3.8, 4) is 11.5 Å². The van der Waals surface area contributed by atoms with E-state index in [-0.39, 0.29) is 5.54 Å². The molecule has 0 unspecified atom stereocenters. The van der Waals surface area contributed by atoms with Gasteiger partial charge in [-0.2, -0.15) is 0 Å². The number of rotatable bonds is 8. The first kappa shape index (κ1) is 22.1. The van der Waals surface area contributed by atoms with Gasteiger partial charge in [-0.05, 0) is 47.1 Å². The average Bonchev–Trinajstić information content (AvgIpc) is 2.68. The Bertz CT molecular complexity index is 714. The van der Waals surface area contributed by atoms with Gasteiger partial charge >= 0.3 is 6.09 Å². The SMILES string of the molecule is COc1cc(CCNC(=O)OCCN2CCN(C)CC23COC3)c(OC)cc1Br. The molecule has 8 nitrogen and oxygen atoms in total. The minimum Gasteiger partial charge on any atom is -0.496 e. The van der Waals surface area contributed by atoms with Crippen LogP contribution < -0.4 is 14.8 Å². The number of nitrogens with one attached hydrogen (secondary N) is 1. The molecule has 1 N–H and O–H groups in total. The number of likely N-dealkylation sites (N-methyl/N-ethyl adjacent to an activating group) is 1. The predicted octanol–water partition coefficient (Wildman–Crippen LogP) is 1.75. The third-order valence-corrected chi connectivity index (χ3v) is 6.16. The summed E-state index contributed by atoms with van der Waals surface area (Å²) in [7, 11) is 5.38. The third-order valence-electron chi connectivity index (χ3n) is 5.54. The molecule has 0 atom stereocenters. The van der Waals surface area contributed by atoms with Crippen LogP contribution in [0.3, 0.4) is 0 Å². The van der Waals surface area contributed by atoms with E-state index in [2.05, 4.69) is 38.1 Å². The van der Waals surface area contributed by atoms with E-state index < -0.39 is 6.09 Å². The quantitative estimate of drug-likeness (QED) is 0.618. The molecule has 162 valence electrons. The number of alkyl carbamates (subject to hydrolysis) is 1. The number of methoxy groups -OCH3 is 2. The number of hydrogen-bond acceptors (Lipinski definition) is 7. The third kappa shape index (κ3) is 5.33. The summed E-state index contributed by atoms with van der Waals surface area (Å²) in [5.74, 6) is 1.47. The van der Waals surface area contributed by atoms with E-state index in [0.717, 1.165) is 60.9 Å². The number of benzene rings is 1. The Labute approximate surface area is 180 Å². The number of halogens is 1. The standard InChI is InChI=1S/C20H30BrN3O5/c1-23-6-7-24(20(12-23)13-28-14-20)8-9-29-19(25)22-5-4-15-10-18(27-3)16(21)11-17(15)26-2/h10-11H,4-9,12-14H2,1-3H3,(H,22,25). The lowest BCUT2D eigenvalue weighted by Gasteiger charge is -2.54. The number of ether oxygens (including phenoxy) is 4. The maximum Gasteiger partial charge on any atom is 0.407 e. The van der Waals surface area contributed by atoms with Gasteiger partial charge in [0.15, 0.2) is 0 Å². The van der Waals surface area contributed by atoms with Crippen LogP contribution in [0, 0.1) is 0 Å². The number of amides is 1. The molecular weight excluding hydrogens is 442 g/mol. The molecule has 1 spiro atoms. The maximum atomic E-state index is 12.1. The summed E-state index contributed by atoms with van der Waals surface area (Å²) in [6, 6.07) is 3.77. The van der Waals surface area contributed by atoms with Gasteiger partial charge in [0.2, 0.25) is 0 Å². The fraction of sp³-hybridized carbons (Fsp3) is 0.650. The number of piperazine rings is 1. The highest BCUT2D eigenvalue weighted by Crippen LogP contribution is 2.33. The Morgan fingerprint density at radius 2 is 2.00 bits per heavy atom. The van der Waals surface area contributed by atoms with Crippen LogP contribution in [-0.4, -0.2) is 95.2 Å². The first-order chi connectivity index (χ1) is 14.0. The second-order valence-electron chi connectivity index (χ2n) is 7.55. The van der Waals surface area contributed by atoms with Crippen molar-refractivity contribution in [1.82, 2.24) is 15.1 Å². The maximum absolute atomic E-state index is 12.1. The lowest BCUT2D eigenvalue weighted by Crippen LogP contribution is -2.71. The lowest BCUT2D eigenvalue weighted by atomic mass is 9.92. The van der Waals surface area contributed by atoms with Crippen molar-refractivity contribution >= 4 is 22.0 Å². The van der Waals surface area contributed by atoms with Crippen molar-refractivity contribution in [2.45, 2.75) is 12.0 Å². The second kappa shape index (κ2) is 9.97. The van der Waals surface area contributed by atoms with Crippen LogP contribution in [0.1, 0.15) is 5.56 Å². The van der Waals surface area contributed by atoms with E-state index in [4.69, 9.17) is 18.9 Å². The molecule has 2 fully saturated rings. The molecule has 1 aromatic carbocycles. The Balaban J connectivity index is 1.41. The van der Waals surface area contributed by atoms with E-state index in [1.165, 1.54) is 0 Å². The van der Waals surface area contributed by atoms with Gasteiger partial charge in [0.25, 0.3) is 0 Å². The molecule has 1 aromatic rings. The minimum absolute atomic E-state index is 0.0873. The molecule has 2 aliphatic rings. The van der Waals surface area contributed by atoms with Crippen LogP contribution in [0.25, 0.3) is 0 Å². The van der Waals surface area contributed by atoms with Crippen LogP contribution in [0.15, 0.2) is 16.6 Å². The summed E-state index contributed by atoms with van der Waals surface area (Å²) in [6.45, 7) is 6.03. The summed E-state index contributed by atoms with van der Waals surface area (Å²) in [5, 5.41) is 2.81. The highest BCUT2D eigenvalue weighted by molar-refractivity contribution is 9.10. The average molecular weight is 472 g/mol. The highest BCUT2D eigenvalue weighted by Gasteiger charge is 2.46. The van der Waals surface area contributed by atoms with Crippen LogP contribution in [-0.2, 0) is 15.9 Å². The number of hydrogen-bond donors (Lipinski definition) is 1. The Morgan fingerprint density at radius 1 is 1.24 bits per heavy atom. The van der Waals surface area contributed by atoms with E-state index in [0.29, 0.717) is 19.6 Å². The molecule has 0 aromatic heterocycles. The molecule has 0 saturated carbocycles. The van der Waals surface area contributed by atoms with Crippen molar-refractivity contribution in [2.24, 2.45) is 0 Å². The highest BCUT2D eigenvalue weighted by atomic mass is 79.9. The van der Waals surface area contributed by atoms with Crippen molar-refractivity contribution in [3.63, 3.8) is 0 Å². The minimum atomic E-state index is -0.402. The lowest BCUT2D eigenvalue weighted by molar-refractivity contribution is -0.168.